The van der Waals surface area contributed by atoms with Crippen molar-refractivity contribution in [3.8, 4) is 0 Å². The van der Waals surface area contributed by atoms with Crippen LogP contribution >= 0.6 is 0 Å². The molecule has 5 atom stereocenters. The molecule has 2 aromatic rings. The van der Waals surface area contributed by atoms with E-state index in [-0.39, 0.29) is 19.0 Å². The van der Waals surface area contributed by atoms with Crippen molar-refractivity contribution >= 4 is 0 Å². The second-order valence-electron chi connectivity index (χ2n) is 8.74. The van der Waals surface area contributed by atoms with Gasteiger partial charge in [0.15, 0.2) is 6.29 Å². The van der Waals surface area contributed by atoms with Crippen molar-refractivity contribution in [2.45, 2.75) is 70.1 Å². The Bertz CT molecular complexity index is 865. The summed E-state index contributed by atoms with van der Waals surface area (Å²) in [5, 5.41) is 11.3. The highest BCUT2D eigenvalue weighted by Crippen LogP contribution is 2.29. The zero-order valence-electron chi connectivity index (χ0n) is 19.9. The lowest BCUT2D eigenvalue weighted by Gasteiger charge is -2.40. The average molecular weight is 469 g/mol. The maximum Gasteiger partial charge on any atom is 0.158 e. The summed E-state index contributed by atoms with van der Waals surface area (Å²) in [5.74, 6) is 0. The monoisotopic (exact) mass is 468 g/mol. The van der Waals surface area contributed by atoms with Gasteiger partial charge < -0.3 is 28.8 Å². The molecule has 0 aromatic heterocycles. The van der Waals surface area contributed by atoms with Gasteiger partial charge in [-0.25, -0.2) is 0 Å². The first-order valence-electron chi connectivity index (χ1n) is 12.3. The molecule has 34 heavy (non-hydrogen) atoms. The molecule has 0 bridgehead atoms. The van der Waals surface area contributed by atoms with E-state index in [1.165, 1.54) is 0 Å². The highest BCUT2D eigenvalue weighted by molar-refractivity contribution is 5.22. The summed E-state index contributed by atoms with van der Waals surface area (Å²) in [5.41, 5.74) is 2.83. The maximum atomic E-state index is 11.3. The summed E-state index contributed by atoms with van der Waals surface area (Å²) in [6, 6.07) is 19.9. The van der Waals surface area contributed by atoms with Crippen LogP contribution in [0.1, 0.15) is 37.3 Å². The molecule has 0 amide bonds. The molecule has 1 aliphatic carbocycles. The molecule has 1 heterocycles. The predicted octanol–water partition coefficient (Wildman–Crippen LogP) is 4.41. The van der Waals surface area contributed by atoms with Gasteiger partial charge in [0.2, 0.25) is 0 Å². The van der Waals surface area contributed by atoms with Crippen LogP contribution in [0.15, 0.2) is 72.3 Å². The lowest BCUT2D eigenvalue weighted by Crippen LogP contribution is -2.52. The number of hydrogen-bond acceptors (Lipinski definition) is 6. The second-order valence-corrected chi connectivity index (χ2v) is 8.74. The SMILES string of the molecule is CCO[C@@H]1C=C(COC2CCCCO2)[C@H](O)[C@H](OCc2ccccc2)[C@H]1OCc1ccccc1. The van der Waals surface area contributed by atoms with Crippen molar-refractivity contribution in [1.82, 2.24) is 0 Å². The molecule has 0 spiro atoms. The molecule has 184 valence electrons. The van der Waals surface area contributed by atoms with E-state index in [0.29, 0.717) is 26.4 Å². The standard InChI is InChI=1S/C28H36O6/c1-2-30-24-17-23(20-32-25-15-9-10-16-31-25)26(29)28(34-19-22-13-7-4-8-14-22)27(24)33-18-21-11-5-3-6-12-21/h3-8,11-14,17,24-29H,2,9-10,15-16,18-20H2,1H3/t24-,25?,26+,27+,28+/m1/s1. The molecule has 2 aliphatic rings. The van der Waals surface area contributed by atoms with Crippen molar-refractivity contribution in [2.24, 2.45) is 0 Å². The van der Waals surface area contributed by atoms with Crippen LogP contribution < -0.4 is 0 Å². The van der Waals surface area contributed by atoms with Crippen molar-refractivity contribution < 1.29 is 28.8 Å². The smallest absolute Gasteiger partial charge is 0.158 e. The van der Waals surface area contributed by atoms with E-state index < -0.39 is 18.3 Å². The van der Waals surface area contributed by atoms with Crippen LogP contribution in [-0.4, -0.2) is 55.6 Å². The van der Waals surface area contributed by atoms with Gasteiger partial charge in [-0.3, -0.25) is 0 Å². The minimum absolute atomic E-state index is 0.233. The van der Waals surface area contributed by atoms with Gasteiger partial charge >= 0.3 is 0 Å². The van der Waals surface area contributed by atoms with E-state index in [1.54, 1.807) is 0 Å². The highest BCUT2D eigenvalue weighted by Gasteiger charge is 2.42. The first-order valence-corrected chi connectivity index (χ1v) is 12.3. The molecule has 6 nitrogen and oxygen atoms in total. The molecule has 1 N–H and O–H groups in total. The van der Waals surface area contributed by atoms with Crippen molar-refractivity contribution in [1.29, 1.82) is 0 Å². The zero-order chi connectivity index (χ0) is 23.6. The highest BCUT2D eigenvalue weighted by atomic mass is 16.7. The molecular weight excluding hydrogens is 432 g/mol. The zero-order valence-corrected chi connectivity index (χ0v) is 19.9. The van der Waals surface area contributed by atoms with Crippen LogP contribution in [0.4, 0.5) is 0 Å². The molecular formula is C28H36O6. The van der Waals surface area contributed by atoms with Gasteiger partial charge in [-0.05, 0) is 49.0 Å². The molecule has 1 saturated heterocycles. The summed E-state index contributed by atoms with van der Waals surface area (Å²) in [6.07, 6.45) is 2.44. The van der Waals surface area contributed by atoms with Crippen LogP contribution in [0, 0.1) is 0 Å². The fraction of sp³-hybridized carbons (Fsp3) is 0.500. The maximum absolute atomic E-state index is 11.3. The minimum Gasteiger partial charge on any atom is -0.386 e. The Morgan fingerprint density at radius 2 is 1.44 bits per heavy atom. The van der Waals surface area contributed by atoms with Gasteiger partial charge in [-0.2, -0.15) is 0 Å². The first kappa shape index (κ1) is 25.0. The molecule has 0 saturated carbocycles. The fourth-order valence-electron chi connectivity index (χ4n) is 4.39. The number of aliphatic hydroxyl groups excluding tert-OH is 1. The lowest BCUT2D eigenvalue weighted by atomic mass is 9.89. The average Bonchev–Trinajstić information content (AvgIpc) is 2.89. The van der Waals surface area contributed by atoms with Crippen molar-refractivity contribution in [3.05, 3.63) is 83.4 Å². The lowest BCUT2D eigenvalue weighted by molar-refractivity contribution is -0.179. The fourth-order valence-corrected chi connectivity index (χ4v) is 4.39. The third-order valence-corrected chi connectivity index (χ3v) is 6.22. The van der Waals surface area contributed by atoms with Gasteiger partial charge in [0, 0.05) is 13.2 Å². The summed E-state index contributed by atoms with van der Waals surface area (Å²) in [7, 11) is 0. The van der Waals surface area contributed by atoms with Crippen molar-refractivity contribution in [3.63, 3.8) is 0 Å². The van der Waals surface area contributed by atoms with Crippen LogP contribution in [0.2, 0.25) is 0 Å². The third-order valence-electron chi connectivity index (χ3n) is 6.22. The van der Waals surface area contributed by atoms with Gasteiger partial charge in [0.25, 0.3) is 0 Å². The first-order chi connectivity index (χ1) is 16.7. The largest absolute Gasteiger partial charge is 0.386 e. The number of aliphatic hydroxyl groups is 1. The van der Waals surface area contributed by atoms with Crippen molar-refractivity contribution in [2.75, 3.05) is 19.8 Å². The second kappa shape index (κ2) is 13.1. The number of hydrogen-bond donors (Lipinski definition) is 1. The molecule has 4 rings (SSSR count). The number of benzene rings is 2. The van der Waals surface area contributed by atoms with E-state index in [1.807, 2.05) is 73.7 Å². The summed E-state index contributed by atoms with van der Waals surface area (Å²) < 4.78 is 30.4. The van der Waals surface area contributed by atoms with Gasteiger partial charge in [0.05, 0.1) is 19.8 Å². The molecule has 2 aromatic carbocycles. The van der Waals surface area contributed by atoms with Crippen LogP contribution in [0.3, 0.4) is 0 Å². The Morgan fingerprint density at radius 1 is 0.794 bits per heavy atom. The Morgan fingerprint density at radius 3 is 2.03 bits per heavy atom. The molecule has 1 aliphatic heterocycles. The summed E-state index contributed by atoms with van der Waals surface area (Å²) in [6.45, 7) is 4.24. The summed E-state index contributed by atoms with van der Waals surface area (Å²) >= 11 is 0. The van der Waals surface area contributed by atoms with Gasteiger partial charge in [0.1, 0.15) is 24.4 Å². The molecule has 0 radical (unpaired) electrons. The molecule has 6 heteroatoms. The van der Waals surface area contributed by atoms with E-state index in [9.17, 15) is 5.11 Å². The Balaban J connectivity index is 1.50. The van der Waals surface area contributed by atoms with E-state index in [2.05, 4.69) is 0 Å². The number of rotatable bonds is 11. The van der Waals surface area contributed by atoms with E-state index >= 15 is 0 Å². The normalized spacial score (nSPS) is 27.4. The summed E-state index contributed by atoms with van der Waals surface area (Å²) in [4.78, 5) is 0. The predicted molar refractivity (Wildman–Crippen MR) is 129 cm³/mol. The van der Waals surface area contributed by atoms with Crippen LogP contribution in [-0.2, 0) is 36.9 Å². The Kier molecular flexibility index (Phi) is 9.68. The number of ether oxygens (including phenoxy) is 5. The Hall–Kier alpha value is -2.06. The quantitative estimate of drug-likeness (QED) is 0.493. The third kappa shape index (κ3) is 6.98. The molecule has 1 unspecified atom stereocenters. The van der Waals surface area contributed by atoms with Crippen LogP contribution in [0.25, 0.3) is 0 Å². The Labute approximate surface area is 202 Å². The molecule has 1 fully saturated rings. The minimum atomic E-state index is -0.871. The topological polar surface area (TPSA) is 66.4 Å². The van der Waals surface area contributed by atoms with Gasteiger partial charge in [-0.1, -0.05) is 60.7 Å². The van der Waals surface area contributed by atoms with Gasteiger partial charge in [-0.15, -0.1) is 0 Å². The van der Waals surface area contributed by atoms with Crippen LogP contribution in [0.5, 0.6) is 0 Å². The van der Waals surface area contributed by atoms with E-state index in [4.69, 9.17) is 23.7 Å². The van der Waals surface area contributed by atoms with E-state index in [0.717, 1.165) is 36.0 Å².